The van der Waals surface area contributed by atoms with E-state index in [0.717, 1.165) is 6.42 Å². The topological polar surface area (TPSA) is 0 Å². The molecule has 0 amide bonds. The van der Waals surface area contributed by atoms with Gasteiger partial charge in [0.15, 0.2) is 0 Å². The summed E-state index contributed by atoms with van der Waals surface area (Å²) >= 11 is 0. The number of rotatable bonds is 7. The van der Waals surface area contributed by atoms with Crippen molar-refractivity contribution >= 4 is 6.08 Å². The minimum atomic E-state index is 0. The molecule has 0 saturated heterocycles. The van der Waals surface area contributed by atoms with Crippen LogP contribution in [0.2, 0.25) is 0 Å². The standard InChI is InChI=1S/C16H26N.ClH/c1-5-15-10-9-11-16(14-15)12-13-17(6-2,7-3)8-4;/h5,9-11,14H,1,6-8,12-13H2,2-4H3;1H/q+1;/p-1. The van der Waals surface area contributed by atoms with Crippen LogP contribution in [0, 0.1) is 0 Å². The first-order valence-corrected chi connectivity index (χ1v) is 6.76. The van der Waals surface area contributed by atoms with Crippen LogP contribution in [0.1, 0.15) is 31.9 Å². The van der Waals surface area contributed by atoms with Gasteiger partial charge in [-0.3, -0.25) is 0 Å². The highest BCUT2D eigenvalue weighted by Crippen LogP contribution is 2.12. The first kappa shape index (κ1) is 17.2. The quantitative estimate of drug-likeness (QED) is 0.640. The van der Waals surface area contributed by atoms with Crippen molar-refractivity contribution in [2.45, 2.75) is 27.2 Å². The van der Waals surface area contributed by atoms with Crippen molar-refractivity contribution in [1.29, 1.82) is 0 Å². The van der Waals surface area contributed by atoms with Crippen molar-refractivity contribution in [3.8, 4) is 0 Å². The lowest BCUT2D eigenvalue weighted by molar-refractivity contribution is -0.923. The number of benzene rings is 1. The van der Waals surface area contributed by atoms with E-state index < -0.39 is 0 Å². The largest absolute Gasteiger partial charge is 1.00 e. The molecule has 0 aliphatic rings. The third-order valence-electron chi connectivity index (χ3n) is 4.07. The molecule has 1 aromatic carbocycles. The molecular weight excluding hydrogens is 242 g/mol. The molecule has 1 rings (SSSR count). The molecule has 0 heterocycles. The Morgan fingerprint density at radius 1 is 1.11 bits per heavy atom. The normalized spacial score (nSPS) is 10.8. The second-order valence-corrected chi connectivity index (χ2v) is 4.71. The lowest BCUT2D eigenvalue weighted by Gasteiger charge is -2.35. The summed E-state index contributed by atoms with van der Waals surface area (Å²) < 4.78 is 1.22. The summed E-state index contributed by atoms with van der Waals surface area (Å²) in [5.74, 6) is 0. The van der Waals surface area contributed by atoms with Crippen LogP contribution in [0.4, 0.5) is 0 Å². The summed E-state index contributed by atoms with van der Waals surface area (Å²) in [6.45, 7) is 15.7. The zero-order chi connectivity index (χ0) is 12.7. The Hall–Kier alpha value is -0.790. The summed E-state index contributed by atoms with van der Waals surface area (Å²) in [7, 11) is 0. The van der Waals surface area contributed by atoms with Crippen LogP contribution in [0.25, 0.3) is 6.08 Å². The highest BCUT2D eigenvalue weighted by Gasteiger charge is 2.19. The fourth-order valence-corrected chi connectivity index (χ4v) is 2.39. The Kier molecular flexibility index (Phi) is 7.97. The van der Waals surface area contributed by atoms with Crippen LogP contribution in [-0.2, 0) is 6.42 Å². The zero-order valence-electron chi connectivity index (χ0n) is 12.0. The van der Waals surface area contributed by atoms with Crippen molar-refractivity contribution in [2.75, 3.05) is 26.2 Å². The maximum absolute atomic E-state index is 3.83. The Morgan fingerprint density at radius 2 is 1.72 bits per heavy atom. The number of hydrogen-bond acceptors (Lipinski definition) is 0. The van der Waals surface area contributed by atoms with Crippen molar-refractivity contribution in [3.63, 3.8) is 0 Å². The van der Waals surface area contributed by atoms with Crippen molar-refractivity contribution < 1.29 is 16.9 Å². The van der Waals surface area contributed by atoms with E-state index in [2.05, 4.69) is 51.6 Å². The Bertz CT molecular complexity index is 348. The number of nitrogens with zero attached hydrogens (tertiary/aromatic N) is 1. The van der Waals surface area contributed by atoms with Crippen LogP contribution in [0.5, 0.6) is 0 Å². The fourth-order valence-electron chi connectivity index (χ4n) is 2.39. The van der Waals surface area contributed by atoms with Gasteiger partial charge in [-0.25, -0.2) is 0 Å². The van der Waals surface area contributed by atoms with E-state index in [1.165, 1.54) is 41.8 Å². The average molecular weight is 268 g/mol. The highest BCUT2D eigenvalue weighted by molar-refractivity contribution is 5.47. The second-order valence-electron chi connectivity index (χ2n) is 4.71. The molecule has 102 valence electrons. The van der Waals surface area contributed by atoms with Crippen molar-refractivity contribution in [3.05, 3.63) is 42.0 Å². The molecule has 0 unspecified atom stereocenters. The van der Waals surface area contributed by atoms with E-state index in [1.54, 1.807) is 0 Å². The van der Waals surface area contributed by atoms with E-state index in [0.29, 0.717) is 0 Å². The molecule has 0 aliphatic carbocycles. The molecule has 0 bridgehead atoms. The van der Waals surface area contributed by atoms with Gasteiger partial charge >= 0.3 is 0 Å². The van der Waals surface area contributed by atoms with Crippen LogP contribution < -0.4 is 12.4 Å². The molecule has 0 N–H and O–H groups in total. The molecule has 0 radical (unpaired) electrons. The lowest BCUT2D eigenvalue weighted by Crippen LogP contribution is -3.00. The van der Waals surface area contributed by atoms with Crippen LogP contribution in [0.15, 0.2) is 30.8 Å². The molecule has 0 atom stereocenters. The SMILES string of the molecule is C=Cc1cccc(CC[N+](CC)(CC)CC)c1.[Cl-]. The van der Waals surface area contributed by atoms with Gasteiger partial charge in [0.25, 0.3) is 0 Å². The molecule has 1 aromatic rings. The van der Waals surface area contributed by atoms with E-state index in [9.17, 15) is 0 Å². The lowest BCUT2D eigenvalue weighted by atomic mass is 10.1. The monoisotopic (exact) mass is 267 g/mol. The average Bonchev–Trinajstić information content (AvgIpc) is 2.41. The third kappa shape index (κ3) is 4.47. The predicted molar refractivity (Wildman–Crippen MR) is 77.0 cm³/mol. The van der Waals surface area contributed by atoms with Gasteiger partial charge in [-0.2, -0.15) is 0 Å². The number of hydrogen-bond donors (Lipinski definition) is 0. The van der Waals surface area contributed by atoms with Gasteiger partial charge in [-0.15, -0.1) is 0 Å². The number of halogens is 1. The van der Waals surface area contributed by atoms with Gasteiger partial charge < -0.3 is 16.9 Å². The Balaban J connectivity index is 0.00000289. The Morgan fingerprint density at radius 3 is 2.22 bits per heavy atom. The molecule has 1 nitrogen and oxygen atoms in total. The van der Waals surface area contributed by atoms with Crippen LogP contribution >= 0.6 is 0 Å². The fraction of sp³-hybridized carbons (Fsp3) is 0.500. The first-order chi connectivity index (χ1) is 8.19. The van der Waals surface area contributed by atoms with Gasteiger partial charge in [0.2, 0.25) is 0 Å². The summed E-state index contributed by atoms with van der Waals surface area (Å²) in [6, 6.07) is 8.72. The van der Waals surface area contributed by atoms with Gasteiger partial charge in [-0.05, 0) is 31.9 Å². The van der Waals surface area contributed by atoms with E-state index in [1.807, 2.05) is 6.08 Å². The summed E-state index contributed by atoms with van der Waals surface area (Å²) in [4.78, 5) is 0. The zero-order valence-corrected chi connectivity index (χ0v) is 12.7. The van der Waals surface area contributed by atoms with Gasteiger partial charge in [-0.1, -0.05) is 36.9 Å². The van der Waals surface area contributed by atoms with Crippen LogP contribution in [-0.4, -0.2) is 30.7 Å². The summed E-state index contributed by atoms with van der Waals surface area (Å²) in [5.41, 5.74) is 2.66. The molecule has 0 aromatic heterocycles. The summed E-state index contributed by atoms with van der Waals surface area (Å²) in [6.07, 6.45) is 3.09. The maximum Gasteiger partial charge on any atom is 0.0827 e. The molecule has 0 aliphatic heterocycles. The third-order valence-corrected chi connectivity index (χ3v) is 4.07. The minimum absolute atomic E-state index is 0. The molecule has 0 saturated carbocycles. The highest BCUT2D eigenvalue weighted by atomic mass is 35.5. The maximum atomic E-state index is 3.83. The molecule has 0 spiro atoms. The first-order valence-electron chi connectivity index (χ1n) is 6.76. The van der Waals surface area contributed by atoms with Gasteiger partial charge in [0.1, 0.15) is 0 Å². The second kappa shape index (κ2) is 8.34. The molecule has 2 heteroatoms. The van der Waals surface area contributed by atoms with Crippen LogP contribution in [0.3, 0.4) is 0 Å². The van der Waals surface area contributed by atoms with Crippen molar-refractivity contribution in [1.82, 2.24) is 0 Å². The molecular formula is C16H26ClN. The molecule has 0 fully saturated rings. The molecule has 18 heavy (non-hydrogen) atoms. The Labute approximate surface area is 119 Å². The van der Waals surface area contributed by atoms with Gasteiger partial charge in [0.05, 0.1) is 26.2 Å². The number of quaternary nitrogens is 1. The minimum Gasteiger partial charge on any atom is -1.00 e. The van der Waals surface area contributed by atoms with Crippen molar-refractivity contribution in [2.24, 2.45) is 0 Å². The van der Waals surface area contributed by atoms with E-state index in [4.69, 9.17) is 0 Å². The summed E-state index contributed by atoms with van der Waals surface area (Å²) in [5, 5.41) is 0. The predicted octanol–water partition coefficient (Wildman–Crippen LogP) is 0.753. The van der Waals surface area contributed by atoms with E-state index in [-0.39, 0.29) is 12.4 Å². The van der Waals surface area contributed by atoms with E-state index >= 15 is 0 Å². The van der Waals surface area contributed by atoms with Gasteiger partial charge in [0, 0.05) is 6.42 Å². The number of likely N-dealkylation sites (N-methyl/N-ethyl adjacent to an activating group) is 1. The smallest absolute Gasteiger partial charge is 0.0827 e.